The molecule has 0 aliphatic rings. The van der Waals surface area contributed by atoms with Crippen LogP contribution in [0.5, 0.6) is 0 Å². The van der Waals surface area contributed by atoms with Crippen molar-refractivity contribution in [3.8, 4) is 0 Å². The fourth-order valence-corrected chi connectivity index (χ4v) is 7.43. The molecule has 0 aliphatic heterocycles. The number of urea groups is 1. The smallest absolute Gasteiger partial charge is 0.316 e. The van der Waals surface area contributed by atoms with Gasteiger partial charge in [0.05, 0.1) is 26.5 Å². The lowest BCUT2D eigenvalue weighted by atomic mass is 10.1. The molecule has 62 heavy (non-hydrogen) atoms. The number of carbonyl (C=O) groups is 1. The zero-order valence-electron chi connectivity index (χ0n) is 30.5. The standard InChI is InChI=1S/C30H27ClFN13O14S3/c31-27-39-29(36-6-4-34-3-5-35-21-12-18(32)23(44(47)48)13-24(21)45(49)50)41-30(40-27)37-15-1-2-19(20(9-15)38-28(33)46)42-43-22-11-17-14(8-26(22)62(57,58)59)7-16(60(51,52)53)10-25(17)61(54,55)56/h1-2,7-13,34-35H,3-6H2,(H3,33,38,46)(H,51,52,53)(H,54,55,56)(H,57,58,59)(H2,36,37,39,40,41). The van der Waals surface area contributed by atoms with E-state index in [1.165, 1.54) is 18.2 Å². The number of primary amides is 1. The third-order valence-electron chi connectivity index (χ3n) is 7.87. The number of fused-ring (bicyclic) bond motifs is 1. The Bertz CT molecular complexity index is 3020. The molecule has 0 fully saturated rings. The molecule has 1 aromatic heterocycles. The molecule has 27 nitrogen and oxygen atoms in total. The Kier molecular flexibility index (Phi) is 13.7. The topological polar surface area (TPSA) is 416 Å². The van der Waals surface area contributed by atoms with Gasteiger partial charge in [-0.15, -0.1) is 10.2 Å². The minimum Gasteiger partial charge on any atom is -0.378 e. The number of benzene rings is 4. The number of nitro benzene ring substituents is 2. The van der Waals surface area contributed by atoms with E-state index in [1.54, 1.807) is 0 Å². The van der Waals surface area contributed by atoms with E-state index in [4.69, 9.17) is 17.3 Å². The molecule has 1 heterocycles. The van der Waals surface area contributed by atoms with Gasteiger partial charge in [-0.2, -0.15) is 44.6 Å². The maximum absolute atomic E-state index is 14.0. The van der Waals surface area contributed by atoms with E-state index in [0.29, 0.717) is 30.3 Å². The largest absolute Gasteiger partial charge is 0.378 e. The predicted molar refractivity (Wildman–Crippen MR) is 215 cm³/mol. The summed E-state index contributed by atoms with van der Waals surface area (Å²) < 4.78 is 116. The van der Waals surface area contributed by atoms with Crippen molar-refractivity contribution in [1.82, 2.24) is 20.3 Å². The molecule has 0 aliphatic carbocycles. The summed E-state index contributed by atoms with van der Waals surface area (Å²) >= 11 is 6.07. The second-order valence-corrected chi connectivity index (χ2v) is 16.7. The Balaban J connectivity index is 1.30. The van der Waals surface area contributed by atoms with Crippen LogP contribution in [0.25, 0.3) is 10.8 Å². The van der Waals surface area contributed by atoms with Crippen molar-refractivity contribution in [1.29, 1.82) is 0 Å². The molecule has 5 rings (SSSR count). The van der Waals surface area contributed by atoms with Crippen LogP contribution in [0.2, 0.25) is 5.28 Å². The second-order valence-electron chi connectivity index (χ2n) is 12.1. The van der Waals surface area contributed by atoms with Gasteiger partial charge in [0.25, 0.3) is 36.0 Å². The first kappa shape index (κ1) is 46.2. The van der Waals surface area contributed by atoms with Crippen molar-refractivity contribution >= 4 is 110 Å². The van der Waals surface area contributed by atoms with Crippen LogP contribution >= 0.6 is 11.6 Å². The Hall–Kier alpha value is -6.87. The molecule has 0 bridgehead atoms. The van der Waals surface area contributed by atoms with E-state index in [9.17, 15) is 68.3 Å². The summed E-state index contributed by atoms with van der Waals surface area (Å²) in [6.45, 7) is 0.729. The fraction of sp³-hybridized carbons (Fsp3) is 0.133. The third kappa shape index (κ3) is 11.7. The Morgan fingerprint density at radius 3 is 1.98 bits per heavy atom. The van der Waals surface area contributed by atoms with Crippen molar-refractivity contribution in [2.45, 2.75) is 14.7 Å². The summed E-state index contributed by atoms with van der Waals surface area (Å²) in [5.41, 5.74) is 2.40. The monoisotopic (exact) mass is 943 g/mol. The van der Waals surface area contributed by atoms with Crippen molar-refractivity contribution in [3.63, 3.8) is 0 Å². The number of carbonyl (C=O) groups excluding carboxylic acids is 1. The quantitative estimate of drug-likeness (QED) is 0.0196. The van der Waals surface area contributed by atoms with E-state index in [-0.39, 0.29) is 66.1 Å². The molecule has 0 radical (unpaired) electrons. The summed E-state index contributed by atoms with van der Waals surface area (Å²) in [7, 11) is -15.5. The average Bonchev–Trinajstić information content (AvgIpc) is 3.14. The molecule has 0 spiro atoms. The molecule has 0 saturated carbocycles. The fourth-order valence-electron chi connectivity index (χ4n) is 5.28. The van der Waals surface area contributed by atoms with Crippen LogP contribution in [0, 0.1) is 26.0 Å². The summed E-state index contributed by atoms with van der Waals surface area (Å²) in [6.07, 6.45) is 0. The van der Waals surface area contributed by atoms with E-state index in [1.807, 2.05) is 0 Å². The first-order chi connectivity index (χ1) is 28.9. The summed E-state index contributed by atoms with van der Waals surface area (Å²) in [5, 5.41) is 42.2. The highest BCUT2D eigenvalue weighted by Crippen LogP contribution is 2.38. The average molecular weight is 944 g/mol. The summed E-state index contributed by atoms with van der Waals surface area (Å²) in [5.74, 6) is -1.39. The number of aromatic nitrogens is 3. The lowest BCUT2D eigenvalue weighted by molar-refractivity contribution is -0.395. The highest BCUT2D eigenvalue weighted by Gasteiger charge is 2.26. The SMILES string of the molecule is NC(=O)Nc1cc(Nc2nc(Cl)nc(NCCNCCNc3cc(F)c([N+](=O)[O-])cc3[N+](=O)[O-])n2)ccc1N=Nc1cc2c(S(=O)(=O)O)cc(S(=O)(=O)O)cc2cc1S(=O)(=O)O. The van der Waals surface area contributed by atoms with Gasteiger partial charge in [0.15, 0.2) is 0 Å². The minimum atomic E-state index is -5.22. The van der Waals surface area contributed by atoms with Crippen LogP contribution in [-0.4, -0.2) is 95.9 Å². The van der Waals surface area contributed by atoms with Crippen molar-refractivity contribution in [2.75, 3.05) is 47.4 Å². The Morgan fingerprint density at radius 2 is 1.37 bits per heavy atom. The number of hydrogen-bond acceptors (Lipinski definition) is 20. The van der Waals surface area contributed by atoms with Crippen LogP contribution in [0.15, 0.2) is 79.5 Å². The normalized spacial score (nSPS) is 12.0. The maximum Gasteiger partial charge on any atom is 0.316 e. The highest BCUT2D eigenvalue weighted by molar-refractivity contribution is 7.87. The molecule has 32 heteroatoms. The number of anilines is 5. The zero-order chi connectivity index (χ0) is 45.7. The van der Waals surface area contributed by atoms with Crippen LogP contribution < -0.4 is 32.3 Å². The number of nitrogens with zero attached hydrogens (tertiary/aromatic N) is 7. The number of rotatable bonds is 18. The van der Waals surface area contributed by atoms with E-state index in [2.05, 4.69) is 51.8 Å². The maximum atomic E-state index is 14.0. The van der Waals surface area contributed by atoms with Crippen LogP contribution in [-0.2, 0) is 30.4 Å². The lowest BCUT2D eigenvalue weighted by Crippen LogP contribution is -2.27. The molecule has 10 N–H and O–H groups in total. The molecule has 2 amide bonds. The molecular weight excluding hydrogens is 917 g/mol. The first-order valence-corrected chi connectivity index (χ1v) is 21.3. The molecule has 0 atom stereocenters. The Morgan fingerprint density at radius 1 is 0.742 bits per heavy atom. The van der Waals surface area contributed by atoms with Gasteiger partial charge in [0.2, 0.25) is 23.0 Å². The molecule has 0 unspecified atom stereocenters. The van der Waals surface area contributed by atoms with E-state index >= 15 is 0 Å². The van der Waals surface area contributed by atoms with Gasteiger partial charge in [-0.3, -0.25) is 33.9 Å². The summed E-state index contributed by atoms with van der Waals surface area (Å²) in [4.78, 5) is 41.1. The van der Waals surface area contributed by atoms with Crippen molar-refractivity contribution in [2.24, 2.45) is 16.0 Å². The van der Waals surface area contributed by atoms with Gasteiger partial charge >= 0.3 is 11.7 Å². The molecule has 328 valence electrons. The van der Waals surface area contributed by atoms with Gasteiger partial charge in [-0.25, -0.2) is 4.79 Å². The number of azo groups is 1. The van der Waals surface area contributed by atoms with Crippen molar-refractivity contribution in [3.05, 3.63) is 85.9 Å². The van der Waals surface area contributed by atoms with Crippen molar-refractivity contribution < 1.29 is 57.9 Å². The van der Waals surface area contributed by atoms with E-state index in [0.717, 1.165) is 6.07 Å². The Labute approximate surface area is 351 Å². The summed E-state index contributed by atoms with van der Waals surface area (Å²) in [6, 6.07) is 6.33. The number of halogens is 2. The molecule has 4 aromatic carbocycles. The number of amides is 2. The number of hydrogen-bond donors (Lipinski definition) is 9. The molecule has 0 saturated heterocycles. The van der Waals surface area contributed by atoms with Crippen LogP contribution in [0.4, 0.5) is 60.9 Å². The predicted octanol–water partition coefficient (Wildman–Crippen LogP) is 4.14. The minimum absolute atomic E-state index is 0.0123. The van der Waals surface area contributed by atoms with E-state index < -0.39 is 94.6 Å². The second kappa shape index (κ2) is 18.4. The zero-order valence-corrected chi connectivity index (χ0v) is 33.8. The van der Waals surface area contributed by atoms with Gasteiger partial charge in [0.1, 0.15) is 26.9 Å². The van der Waals surface area contributed by atoms with Crippen LogP contribution in [0.3, 0.4) is 0 Å². The first-order valence-electron chi connectivity index (χ1n) is 16.6. The molecular formula is C30H27ClFN13O14S3. The number of nitro groups is 2. The third-order valence-corrected chi connectivity index (χ3v) is 10.6. The van der Waals surface area contributed by atoms with Crippen LogP contribution in [0.1, 0.15) is 0 Å². The molecule has 5 aromatic rings. The number of nitrogens with two attached hydrogens (primary N) is 1. The van der Waals surface area contributed by atoms with Gasteiger partial charge in [-0.1, -0.05) is 0 Å². The lowest BCUT2D eigenvalue weighted by Gasteiger charge is -2.12. The number of nitrogens with one attached hydrogen (secondary N) is 5. The van der Waals surface area contributed by atoms with Gasteiger partial charge < -0.3 is 32.3 Å². The highest BCUT2D eigenvalue weighted by atomic mass is 35.5. The van der Waals surface area contributed by atoms with Gasteiger partial charge in [-0.05, 0) is 59.5 Å². The van der Waals surface area contributed by atoms with Gasteiger partial charge in [0, 0.05) is 43.3 Å².